The van der Waals surface area contributed by atoms with Gasteiger partial charge in [0.05, 0.1) is 22.1 Å². The Labute approximate surface area is 810 Å². The van der Waals surface area contributed by atoms with Crippen molar-refractivity contribution in [2.75, 3.05) is 10.2 Å². The third-order valence-electron chi connectivity index (χ3n) is 27.5. The number of aromatic nitrogens is 2. The summed E-state index contributed by atoms with van der Waals surface area (Å²) in [5, 5.41) is 19.4. The van der Waals surface area contributed by atoms with E-state index in [1.54, 1.807) is 20.8 Å². The van der Waals surface area contributed by atoms with E-state index in [0.29, 0.717) is 0 Å². The maximum atomic E-state index is 10.1. The fourth-order valence-corrected chi connectivity index (χ4v) is 21.2. The van der Waals surface area contributed by atoms with E-state index in [-0.39, 0.29) is 51.2 Å². The van der Waals surface area contributed by atoms with Crippen molar-refractivity contribution in [3.05, 3.63) is 462 Å². The second-order valence-corrected chi connectivity index (χ2v) is 38.7. The van der Waals surface area contributed by atoms with Gasteiger partial charge in [0.1, 0.15) is 0 Å². The molecule has 0 saturated carbocycles. The number of hydrogen-bond donors (Lipinski definition) is 1. The molecule has 0 radical (unpaired) electrons. The molecule has 18 aromatic carbocycles. The van der Waals surface area contributed by atoms with E-state index in [1.807, 2.05) is 26.0 Å². The molecule has 0 fully saturated rings. The van der Waals surface area contributed by atoms with Gasteiger partial charge in [-0.2, -0.15) is 0 Å². The predicted molar refractivity (Wildman–Crippen MR) is 561 cm³/mol. The third-order valence-corrected chi connectivity index (χ3v) is 27.8. The Kier molecular flexibility index (Phi) is 23.7. The first kappa shape index (κ1) is 88.7. The van der Waals surface area contributed by atoms with Crippen LogP contribution in [0.5, 0.6) is 0 Å². The Balaban J connectivity index is 0.000000135. The Morgan fingerprint density at radius 3 is 0.917 bits per heavy atom. The summed E-state index contributed by atoms with van der Waals surface area (Å²) in [5.41, 5.74) is 43.2. The van der Waals surface area contributed by atoms with Crippen LogP contribution in [0, 0.1) is 0 Å². The molecule has 4 aliphatic rings. The van der Waals surface area contributed by atoms with Crippen LogP contribution in [0.2, 0.25) is 5.02 Å². The van der Waals surface area contributed by atoms with Gasteiger partial charge in [0.25, 0.3) is 0 Å². The van der Waals surface area contributed by atoms with Crippen molar-refractivity contribution in [2.45, 2.75) is 117 Å². The van der Waals surface area contributed by atoms with Crippen molar-refractivity contribution in [2.24, 2.45) is 0 Å². The molecule has 2 heterocycles. The van der Waals surface area contributed by atoms with Crippen LogP contribution >= 0.6 is 11.6 Å². The minimum absolute atomic E-state index is 0. The second-order valence-electron chi connectivity index (χ2n) is 38.3. The van der Waals surface area contributed by atoms with Gasteiger partial charge in [-0.3, -0.25) is 0 Å². The summed E-state index contributed by atoms with van der Waals surface area (Å²) < 4.78 is 4.87. The van der Waals surface area contributed by atoms with E-state index in [1.165, 1.54) is 172 Å². The van der Waals surface area contributed by atoms with Crippen molar-refractivity contribution < 1.29 is 34.7 Å². The molecule has 0 bridgehead atoms. The molecular formula is C126H108ClN4NaO. The summed E-state index contributed by atoms with van der Waals surface area (Å²) in [7, 11) is 0. The first-order valence-electron chi connectivity index (χ1n) is 46.4. The summed E-state index contributed by atoms with van der Waals surface area (Å²) in [6, 6.07) is 150. The topological polar surface area (TPSA) is 48.2 Å². The SMILES string of the molecule is CC.CC(C)(C)[O-].CC1(C)c2ccccc2-c2cc3c4ccc(Cl)cc4n(-c4ccc(-c5ccccc5)cc4)c3cc21.CC1(C)c2ccccc2-c2ccc(N(c3ccc(-c4ccccc4)cc3)c3ccc4c5cc6c(cc5n(-c5ccc(-c7ccccc7)cc5)c4c3)C(C)(C)c3ccccc3-6)cc21.CC1(C)c2ccccc2-c2ccc(Nc3ccc(-c4ccccc4)cc3)cc21.[Na+]. The standard InChI is InChI=1S/C60H46N2.C33H24ClN.C27H23N.C4H9O.C2H6.Na/c1-59(2)53-21-13-11-19-47(53)49-33-31-45(35-55(49)59)61(43-27-23-41(24-28-43)39-15-7-5-8-16-39)46-32-34-50-52-37-51-48-20-12-14-22-54(48)60(3,4)56(51)38-58(52)62(57(50)36-46)44-29-25-42(26-30-44)40-17-9-6-10-18-40;1-33(2)29-11-7-6-10-25(29)27-19-28-26-17-14-23(34)18-31(26)35(32(28)20-30(27)33)24-15-12-22(13-16-24)21-8-4-3-5-9-21;1-27(2)25-11-7-6-10-23(25)24-17-16-22(18-26(24)27)28-21-14-12-20(13-15-21)19-8-4-3-5-9-19;1-4(2,3)5;1-2;/h5-38H,1-4H3;3-20H,1-2H3;3-18,28H,1-2H3;1-3H3;1-2H3;/q;;;-1;;+1. The number of hydrogen-bond acceptors (Lipinski definition) is 3. The molecule has 1 N–H and O–H groups in total. The van der Waals surface area contributed by atoms with Gasteiger partial charge >= 0.3 is 29.6 Å². The van der Waals surface area contributed by atoms with Gasteiger partial charge in [-0.25, -0.2) is 0 Å². The smallest absolute Gasteiger partial charge is 0.850 e. The zero-order valence-corrected chi connectivity index (χ0v) is 81.1. The number of anilines is 5. The molecule has 20 aromatic rings. The van der Waals surface area contributed by atoms with Crippen LogP contribution in [0.3, 0.4) is 0 Å². The summed E-state index contributed by atoms with van der Waals surface area (Å²) in [6.45, 7) is 27.7. The number of halogens is 1. The second kappa shape index (κ2) is 35.5. The molecule has 133 heavy (non-hydrogen) atoms. The molecule has 0 amide bonds. The quantitative estimate of drug-likeness (QED) is 0.131. The zero-order chi connectivity index (χ0) is 91.1. The number of benzene rings is 18. The van der Waals surface area contributed by atoms with Gasteiger partial charge in [0.15, 0.2) is 0 Å². The number of nitrogens with zero attached hydrogens (tertiary/aromatic N) is 3. The van der Waals surface area contributed by atoms with Gasteiger partial charge in [-0.1, -0.05) is 393 Å². The van der Waals surface area contributed by atoms with E-state index in [2.05, 4.69) is 475 Å². The fourth-order valence-electron chi connectivity index (χ4n) is 21.0. The molecule has 0 saturated heterocycles. The predicted octanol–water partition coefficient (Wildman–Crippen LogP) is 31.2. The van der Waals surface area contributed by atoms with Crippen LogP contribution in [0.15, 0.2) is 413 Å². The van der Waals surface area contributed by atoms with Crippen LogP contribution in [0.1, 0.15) is 135 Å². The largest absolute Gasteiger partial charge is 1.00 e. The van der Waals surface area contributed by atoms with Gasteiger partial charge in [-0.15, -0.1) is 5.60 Å². The molecule has 4 aliphatic carbocycles. The Hall–Kier alpha value is -13.6. The van der Waals surface area contributed by atoms with Crippen LogP contribution in [0.4, 0.5) is 28.4 Å². The van der Waals surface area contributed by atoms with Crippen molar-refractivity contribution in [3.63, 3.8) is 0 Å². The molecular weight excluding hydrogens is 1640 g/mol. The fraction of sp³-hybridized carbons (Fsp3) is 0.143. The monoisotopic (exact) mass is 1750 g/mol. The number of rotatable bonds is 11. The molecule has 2 aromatic heterocycles. The molecule has 0 atom stereocenters. The van der Waals surface area contributed by atoms with Crippen LogP contribution < -0.4 is 44.9 Å². The van der Waals surface area contributed by atoms with E-state index in [0.717, 1.165) is 50.4 Å². The Bertz CT molecular complexity index is 7750. The van der Waals surface area contributed by atoms with E-state index in [4.69, 9.17) is 11.6 Å². The zero-order valence-electron chi connectivity index (χ0n) is 78.4. The first-order chi connectivity index (χ1) is 63.9. The van der Waals surface area contributed by atoms with E-state index in [9.17, 15) is 5.11 Å². The van der Waals surface area contributed by atoms with Crippen LogP contribution in [0.25, 0.3) is 144 Å². The maximum absolute atomic E-state index is 10.1. The van der Waals surface area contributed by atoms with Crippen LogP contribution in [-0.4, -0.2) is 14.7 Å². The normalized spacial score (nSPS) is 13.6. The molecule has 7 heteroatoms. The minimum Gasteiger partial charge on any atom is -0.850 e. The van der Waals surface area contributed by atoms with Crippen molar-refractivity contribution >= 4 is 83.6 Å². The molecule has 0 aliphatic heterocycles. The first-order valence-corrected chi connectivity index (χ1v) is 46.8. The van der Waals surface area contributed by atoms with Crippen LogP contribution in [-0.2, 0) is 21.7 Å². The third kappa shape index (κ3) is 16.2. The van der Waals surface area contributed by atoms with Crippen molar-refractivity contribution in [1.29, 1.82) is 0 Å². The Morgan fingerprint density at radius 1 is 0.248 bits per heavy atom. The van der Waals surface area contributed by atoms with E-state index >= 15 is 0 Å². The van der Waals surface area contributed by atoms with Gasteiger partial charge in [0.2, 0.25) is 0 Å². The summed E-state index contributed by atoms with van der Waals surface area (Å²) in [5.74, 6) is 0. The Morgan fingerprint density at radius 2 is 0.519 bits per heavy atom. The van der Waals surface area contributed by atoms with Gasteiger partial charge in [0, 0.05) is 88.0 Å². The van der Waals surface area contributed by atoms with Gasteiger partial charge in [-0.05, 0) is 255 Å². The molecule has 24 rings (SSSR count). The average Bonchev–Trinajstić information content (AvgIpc) is 1.55. The minimum atomic E-state index is -0.750. The number of fused-ring (bicyclic) bond motifs is 18. The summed E-state index contributed by atoms with van der Waals surface area (Å²) in [4.78, 5) is 2.45. The van der Waals surface area contributed by atoms with Crippen molar-refractivity contribution in [3.8, 4) is 100 Å². The molecule has 5 nitrogen and oxygen atoms in total. The molecule has 0 unspecified atom stereocenters. The average molecular weight is 1750 g/mol. The van der Waals surface area contributed by atoms with Crippen molar-refractivity contribution in [1.82, 2.24) is 9.13 Å². The molecule has 646 valence electrons. The van der Waals surface area contributed by atoms with E-state index < -0.39 is 5.60 Å². The summed E-state index contributed by atoms with van der Waals surface area (Å²) in [6.07, 6.45) is 0. The number of nitrogens with one attached hydrogen (secondary N) is 1. The van der Waals surface area contributed by atoms with Gasteiger partial charge < -0.3 is 24.5 Å². The maximum Gasteiger partial charge on any atom is 1.00 e. The summed E-state index contributed by atoms with van der Waals surface area (Å²) >= 11 is 6.51. The molecule has 0 spiro atoms.